The molecule has 0 fully saturated rings. The molecule has 0 aliphatic carbocycles. The first-order valence-electron chi connectivity index (χ1n) is 9.13. The Bertz CT molecular complexity index is 1280. The molecule has 2 atom stereocenters. The van der Waals surface area contributed by atoms with Gasteiger partial charge in [-0.15, -0.1) is 4.89 Å². The van der Waals surface area contributed by atoms with Gasteiger partial charge in [0, 0.05) is 21.1 Å². The van der Waals surface area contributed by atoms with Gasteiger partial charge in [-0.25, -0.2) is 9.78 Å². The summed E-state index contributed by atoms with van der Waals surface area (Å²) >= 11 is 0. The van der Waals surface area contributed by atoms with Crippen LogP contribution in [0.15, 0.2) is 41.2 Å². The zero-order valence-corrected chi connectivity index (χ0v) is 16.3. The van der Waals surface area contributed by atoms with E-state index in [1.54, 1.807) is 17.6 Å². The lowest BCUT2D eigenvalue weighted by molar-refractivity contribution is -0.169. The molecule has 4 heterocycles. The summed E-state index contributed by atoms with van der Waals surface area (Å²) in [6.07, 6.45) is 0.0430. The van der Waals surface area contributed by atoms with Gasteiger partial charge in [0.25, 0.3) is 5.56 Å². The molecule has 0 radical (unpaired) electrons. The molecule has 3 aromatic rings. The van der Waals surface area contributed by atoms with E-state index in [1.165, 1.54) is 0 Å². The van der Waals surface area contributed by atoms with Crippen molar-refractivity contribution in [2.75, 3.05) is 0 Å². The Morgan fingerprint density at radius 1 is 1.31 bits per heavy atom. The van der Waals surface area contributed by atoms with E-state index in [-0.39, 0.29) is 29.7 Å². The summed E-state index contributed by atoms with van der Waals surface area (Å²) in [6, 6.07) is 11.3. The van der Waals surface area contributed by atoms with Gasteiger partial charge >= 0.3 is 14.2 Å². The highest BCUT2D eigenvalue weighted by molar-refractivity contribution is 7.32. The van der Waals surface area contributed by atoms with Crippen LogP contribution in [0.4, 0.5) is 0 Å². The number of benzene rings is 1. The number of para-hydroxylation sites is 1. The van der Waals surface area contributed by atoms with Gasteiger partial charge in [-0.1, -0.05) is 29.6 Å². The summed E-state index contributed by atoms with van der Waals surface area (Å²) in [7, 11) is -3.10. The Balaban J connectivity index is 1.79. The van der Waals surface area contributed by atoms with E-state index in [0.29, 0.717) is 17.9 Å². The SMILES string of the molecule is CC[C@@]1(O[P+](=O)O)C(=O)OCc2c1cc1n(c2=O)Cc2cc3ccccc3nc2-1. The molecule has 0 saturated heterocycles. The number of carbonyl (C=O) groups is 1. The molecule has 9 heteroatoms. The summed E-state index contributed by atoms with van der Waals surface area (Å²) in [4.78, 5) is 39.9. The van der Waals surface area contributed by atoms with E-state index in [0.717, 1.165) is 16.5 Å². The molecule has 0 spiro atoms. The minimum atomic E-state index is -3.10. The van der Waals surface area contributed by atoms with Crippen molar-refractivity contribution in [3.8, 4) is 11.4 Å². The van der Waals surface area contributed by atoms with Crippen molar-refractivity contribution in [3.05, 3.63) is 63.4 Å². The second-order valence-electron chi connectivity index (χ2n) is 7.09. The van der Waals surface area contributed by atoms with Gasteiger partial charge in [-0.05, 0) is 24.6 Å². The third kappa shape index (κ3) is 2.50. The van der Waals surface area contributed by atoms with Gasteiger partial charge in [0.1, 0.15) is 6.61 Å². The maximum absolute atomic E-state index is 13.2. The van der Waals surface area contributed by atoms with E-state index in [1.807, 2.05) is 30.3 Å². The molecule has 2 aliphatic heterocycles. The number of aromatic nitrogens is 2. The van der Waals surface area contributed by atoms with Crippen LogP contribution >= 0.6 is 8.25 Å². The molecule has 1 N–H and O–H groups in total. The topological polar surface area (TPSA) is 108 Å². The highest BCUT2D eigenvalue weighted by Gasteiger charge is 2.54. The van der Waals surface area contributed by atoms with Crippen molar-refractivity contribution in [1.29, 1.82) is 0 Å². The van der Waals surface area contributed by atoms with Crippen molar-refractivity contribution >= 4 is 25.1 Å². The van der Waals surface area contributed by atoms with Gasteiger partial charge in [-0.3, -0.25) is 4.79 Å². The van der Waals surface area contributed by atoms with Crippen molar-refractivity contribution < 1.29 is 23.5 Å². The highest BCUT2D eigenvalue weighted by Crippen LogP contribution is 2.44. The minimum absolute atomic E-state index is 0.0430. The number of esters is 1. The molecule has 1 unspecified atom stereocenters. The Kier molecular flexibility index (Phi) is 3.93. The third-order valence-corrected chi connectivity index (χ3v) is 6.09. The predicted octanol–water partition coefficient (Wildman–Crippen LogP) is 2.75. The number of cyclic esters (lactones) is 1. The fourth-order valence-electron chi connectivity index (χ4n) is 4.20. The molecular weight excluding hydrogens is 395 g/mol. The fourth-order valence-corrected chi connectivity index (χ4v) is 4.77. The Morgan fingerprint density at radius 3 is 2.86 bits per heavy atom. The minimum Gasteiger partial charge on any atom is -0.458 e. The first kappa shape index (κ1) is 18.1. The first-order valence-corrected chi connectivity index (χ1v) is 10.3. The van der Waals surface area contributed by atoms with Gasteiger partial charge in [0.2, 0.25) is 5.60 Å². The van der Waals surface area contributed by atoms with Gasteiger partial charge in [0.15, 0.2) is 0 Å². The van der Waals surface area contributed by atoms with Crippen molar-refractivity contribution in [2.45, 2.75) is 32.1 Å². The lowest BCUT2D eigenvalue weighted by Gasteiger charge is -2.31. The predicted molar refractivity (Wildman–Crippen MR) is 103 cm³/mol. The largest absolute Gasteiger partial charge is 0.696 e. The van der Waals surface area contributed by atoms with Crippen molar-refractivity contribution in [1.82, 2.24) is 9.55 Å². The number of carbonyl (C=O) groups excluding carboxylic acids is 1. The van der Waals surface area contributed by atoms with E-state index in [2.05, 4.69) is 0 Å². The van der Waals surface area contributed by atoms with Crippen LogP contribution in [-0.4, -0.2) is 20.4 Å². The molecule has 2 aromatic heterocycles. The smallest absolute Gasteiger partial charge is 0.458 e. The Labute approximate surface area is 165 Å². The van der Waals surface area contributed by atoms with E-state index in [4.69, 9.17) is 14.2 Å². The highest BCUT2D eigenvalue weighted by atomic mass is 31.1. The summed E-state index contributed by atoms with van der Waals surface area (Å²) in [5, 5.41) is 0.971. The van der Waals surface area contributed by atoms with Crippen LogP contribution in [0, 0.1) is 0 Å². The maximum Gasteiger partial charge on any atom is 0.696 e. The molecule has 0 amide bonds. The first-order chi connectivity index (χ1) is 13.9. The van der Waals surface area contributed by atoms with Crippen LogP contribution in [-0.2, 0) is 37.4 Å². The second-order valence-corrected chi connectivity index (χ2v) is 7.75. The Morgan fingerprint density at radius 2 is 2.10 bits per heavy atom. The van der Waals surface area contributed by atoms with E-state index in [9.17, 15) is 19.0 Å². The molecule has 2 aliphatic rings. The molecule has 5 rings (SSSR count). The molecule has 146 valence electrons. The number of nitrogens with zero attached hydrogens (tertiary/aromatic N) is 2. The Hall–Kier alpha value is -2.93. The molecule has 1 aromatic carbocycles. The average Bonchev–Trinajstić information content (AvgIpc) is 3.06. The monoisotopic (exact) mass is 411 g/mol. The maximum atomic E-state index is 13.2. The molecule has 8 nitrogen and oxygen atoms in total. The fraction of sp³-hybridized carbons (Fsp3) is 0.250. The van der Waals surface area contributed by atoms with Crippen LogP contribution in [0.1, 0.15) is 30.0 Å². The van der Waals surface area contributed by atoms with E-state index >= 15 is 0 Å². The molecular formula is C20H16N2O6P+. The lowest BCUT2D eigenvalue weighted by Crippen LogP contribution is -2.45. The third-order valence-electron chi connectivity index (χ3n) is 5.62. The van der Waals surface area contributed by atoms with Crippen LogP contribution in [0.2, 0.25) is 0 Å². The van der Waals surface area contributed by atoms with Crippen LogP contribution in [0.25, 0.3) is 22.3 Å². The summed E-state index contributed by atoms with van der Waals surface area (Å²) in [6.45, 7) is 1.79. The standard InChI is InChI=1S/C20H15N2O6P/c1-2-20(28-29(25)26)14-8-16-17-12(7-11-5-3-4-6-15(11)21-17)9-22(16)18(23)13(14)10-27-19(20)24/h3-8H,2,9-10H2,1H3/p+1/t20-/m0/s1. The normalized spacial score (nSPS) is 20.1. The van der Waals surface area contributed by atoms with Crippen LogP contribution < -0.4 is 5.56 Å². The summed E-state index contributed by atoms with van der Waals surface area (Å²) in [5.74, 6) is -0.779. The van der Waals surface area contributed by atoms with Gasteiger partial charge in [0.05, 0.1) is 29.0 Å². The number of ether oxygens (including phenoxy) is 1. The number of rotatable bonds is 3. The number of hydrogen-bond donors (Lipinski definition) is 1. The summed E-state index contributed by atoms with van der Waals surface area (Å²) in [5.41, 5.74) is 1.30. The number of pyridine rings is 2. The zero-order chi connectivity index (χ0) is 20.3. The molecule has 29 heavy (non-hydrogen) atoms. The van der Waals surface area contributed by atoms with Gasteiger partial charge in [-0.2, -0.15) is 0 Å². The lowest BCUT2D eigenvalue weighted by atomic mass is 9.86. The van der Waals surface area contributed by atoms with Gasteiger partial charge < -0.3 is 9.30 Å². The molecule has 0 saturated carbocycles. The zero-order valence-electron chi connectivity index (χ0n) is 15.4. The summed E-state index contributed by atoms with van der Waals surface area (Å²) < 4.78 is 23.4. The van der Waals surface area contributed by atoms with Crippen molar-refractivity contribution in [3.63, 3.8) is 0 Å². The average molecular weight is 411 g/mol. The second kappa shape index (κ2) is 6.29. The van der Waals surface area contributed by atoms with Crippen LogP contribution in [0.5, 0.6) is 0 Å². The molecule has 0 bridgehead atoms. The quantitative estimate of drug-likeness (QED) is 0.408. The number of fused-ring (bicyclic) bond motifs is 5. The van der Waals surface area contributed by atoms with E-state index < -0.39 is 19.8 Å². The van der Waals surface area contributed by atoms with Crippen LogP contribution in [0.3, 0.4) is 0 Å². The number of hydrogen-bond acceptors (Lipinski definition) is 6. The van der Waals surface area contributed by atoms with Crippen molar-refractivity contribution in [2.24, 2.45) is 0 Å².